The zero-order chi connectivity index (χ0) is 11.5. The Kier molecular flexibility index (Phi) is 3.56. The third-order valence-corrected chi connectivity index (χ3v) is 4.02. The van der Waals surface area contributed by atoms with Crippen molar-refractivity contribution < 1.29 is 4.52 Å². The predicted octanol–water partition coefficient (Wildman–Crippen LogP) is 3.62. The van der Waals surface area contributed by atoms with E-state index in [-0.39, 0.29) is 0 Å². The number of aryl methyl sites for hydroxylation is 1. The van der Waals surface area contributed by atoms with Crippen molar-refractivity contribution in [3.05, 3.63) is 40.2 Å². The summed E-state index contributed by atoms with van der Waals surface area (Å²) in [4.78, 5) is 1.14. The highest BCUT2D eigenvalue weighted by atomic mass is 79.9. The molecule has 0 fully saturated rings. The summed E-state index contributed by atoms with van der Waals surface area (Å²) in [5.41, 5.74) is 7.34. The van der Waals surface area contributed by atoms with Crippen LogP contribution in [0.4, 0.5) is 5.69 Å². The lowest BCUT2D eigenvalue weighted by molar-refractivity contribution is 0.391. The molecule has 1 heterocycles. The zero-order valence-corrected chi connectivity index (χ0v) is 11.1. The SMILES string of the molecule is Cc1cc(CSc2ccc(N)cc2Br)on1. The second kappa shape index (κ2) is 4.93. The highest BCUT2D eigenvalue weighted by molar-refractivity contribution is 9.10. The van der Waals surface area contributed by atoms with E-state index in [1.54, 1.807) is 11.8 Å². The van der Waals surface area contributed by atoms with Crippen molar-refractivity contribution in [1.29, 1.82) is 0 Å². The minimum absolute atomic E-state index is 0.756. The van der Waals surface area contributed by atoms with Crippen molar-refractivity contribution in [1.82, 2.24) is 5.16 Å². The summed E-state index contributed by atoms with van der Waals surface area (Å²) in [5, 5.41) is 3.85. The third kappa shape index (κ3) is 2.80. The van der Waals surface area contributed by atoms with Crippen LogP contribution in [0.2, 0.25) is 0 Å². The van der Waals surface area contributed by atoms with Gasteiger partial charge < -0.3 is 10.3 Å². The van der Waals surface area contributed by atoms with Gasteiger partial charge in [0.15, 0.2) is 0 Å². The normalized spacial score (nSPS) is 10.6. The van der Waals surface area contributed by atoms with Gasteiger partial charge >= 0.3 is 0 Å². The molecule has 0 aliphatic carbocycles. The molecule has 0 spiro atoms. The molecule has 3 nitrogen and oxygen atoms in total. The molecular weight excluding hydrogens is 288 g/mol. The second-order valence-electron chi connectivity index (χ2n) is 3.41. The zero-order valence-electron chi connectivity index (χ0n) is 8.74. The van der Waals surface area contributed by atoms with Gasteiger partial charge in [-0.05, 0) is 41.1 Å². The first-order chi connectivity index (χ1) is 7.65. The van der Waals surface area contributed by atoms with Crippen LogP contribution in [0.5, 0.6) is 0 Å². The Balaban J connectivity index is 2.04. The molecule has 84 valence electrons. The van der Waals surface area contributed by atoms with Crippen molar-refractivity contribution in [2.45, 2.75) is 17.6 Å². The van der Waals surface area contributed by atoms with Gasteiger partial charge in [0.2, 0.25) is 0 Å². The molecule has 2 N–H and O–H groups in total. The van der Waals surface area contributed by atoms with Gasteiger partial charge in [0.1, 0.15) is 5.76 Å². The largest absolute Gasteiger partial charge is 0.399 e. The molecule has 0 atom stereocenters. The third-order valence-electron chi connectivity index (χ3n) is 2.00. The maximum absolute atomic E-state index is 5.67. The smallest absolute Gasteiger partial charge is 0.147 e. The topological polar surface area (TPSA) is 52.0 Å². The first-order valence-electron chi connectivity index (χ1n) is 4.75. The fraction of sp³-hybridized carbons (Fsp3) is 0.182. The van der Waals surface area contributed by atoms with Crippen LogP contribution in [0.25, 0.3) is 0 Å². The lowest BCUT2D eigenvalue weighted by atomic mass is 10.3. The van der Waals surface area contributed by atoms with E-state index >= 15 is 0 Å². The fourth-order valence-corrected chi connectivity index (χ4v) is 2.80. The number of anilines is 1. The van der Waals surface area contributed by atoms with Gasteiger partial charge in [-0.2, -0.15) is 0 Å². The molecule has 1 aromatic carbocycles. The van der Waals surface area contributed by atoms with Crippen LogP contribution in [0.15, 0.2) is 38.2 Å². The average molecular weight is 299 g/mol. The van der Waals surface area contributed by atoms with Crippen LogP contribution in [0, 0.1) is 6.92 Å². The summed E-state index contributed by atoms with van der Waals surface area (Å²) in [6.07, 6.45) is 0. The molecule has 1 aromatic heterocycles. The number of hydrogen-bond acceptors (Lipinski definition) is 4. The Bertz CT molecular complexity index is 498. The summed E-state index contributed by atoms with van der Waals surface area (Å²) < 4.78 is 6.15. The van der Waals surface area contributed by atoms with Crippen LogP contribution in [-0.4, -0.2) is 5.16 Å². The van der Waals surface area contributed by atoms with E-state index in [2.05, 4.69) is 21.1 Å². The van der Waals surface area contributed by atoms with Crippen LogP contribution in [-0.2, 0) is 5.75 Å². The minimum atomic E-state index is 0.756. The van der Waals surface area contributed by atoms with Crippen molar-refractivity contribution in [3.8, 4) is 0 Å². The molecule has 0 aliphatic rings. The summed E-state index contributed by atoms with van der Waals surface area (Å²) in [7, 11) is 0. The molecule has 2 rings (SSSR count). The molecule has 0 saturated heterocycles. The first-order valence-corrected chi connectivity index (χ1v) is 6.53. The molecule has 0 aliphatic heterocycles. The van der Waals surface area contributed by atoms with Crippen molar-refractivity contribution in [2.75, 3.05) is 5.73 Å². The number of nitrogens with two attached hydrogens (primary N) is 1. The van der Waals surface area contributed by atoms with Crippen LogP contribution in [0.1, 0.15) is 11.5 Å². The van der Waals surface area contributed by atoms with E-state index in [1.807, 2.05) is 31.2 Å². The maximum Gasteiger partial charge on any atom is 0.147 e. The number of rotatable bonds is 3. The number of benzene rings is 1. The Morgan fingerprint density at radius 2 is 2.25 bits per heavy atom. The number of nitrogen functional groups attached to an aromatic ring is 1. The van der Waals surface area contributed by atoms with Gasteiger partial charge in [-0.15, -0.1) is 11.8 Å². The molecule has 0 bridgehead atoms. The maximum atomic E-state index is 5.67. The molecule has 2 aromatic rings. The first kappa shape index (κ1) is 11.5. The van der Waals surface area contributed by atoms with Gasteiger partial charge in [0.05, 0.1) is 11.4 Å². The number of aromatic nitrogens is 1. The van der Waals surface area contributed by atoms with Crippen molar-refractivity contribution in [3.63, 3.8) is 0 Å². The van der Waals surface area contributed by atoms with E-state index < -0.39 is 0 Å². The standard InChI is InChI=1S/C11H11BrN2OS/c1-7-4-9(15-14-7)6-16-11-3-2-8(13)5-10(11)12/h2-5H,6,13H2,1H3. The lowest BCUT2D eigenvalue weighted by Crippen LogP contribution is -1.85. The number of nitrogens with zero attached hydrogens (tertiary/aromatic N) is 1. The summed E-state index contributed by atoms with van der Waals surface area (Å²) in [6, 6.07) is 7.72. The Morgan fingerprint density at radius 3 is 2.88 bits per heavy atom. The summed E-state index contributed by atoms with van der Waals surface area (Å²) in [6.45, 7) is 1.91. The fourth-order valence-electron chi connectivity index (χ4n) is 1.27. The Morgan fingerprint density at radius 1 is 1.44 bits per heavy atom. The van der Waals surface area contributed by atoms with Gasteiger partial charge in [-0.1, -0.05) is 5.16 Å². The Labute approximate surface area is 107 Å². The number of halogens is 1. The average Bonchev–Trinajstić information content (AvgIpc) is 2.63. The minimum Gasteiger partial charge on any atom is -0.399 e. The van der Waals surface area contributed by atoms with E-state index in [4.69, 9.17) is 10.3 Å². The van der Waals surface area contributed by atoms with E-state index in [0.717, 1.165) is 32.3 Å². The number of thioether (sulfide) groups is 1. The summed E-state index contributed by atoms with van der Waals surface area (Å²) >= 11 is 5.16. The molecule has 5 heteroatoms. The molecular formula is C11H11BrN2OS. The van der Waals surface area contributed by atoms with Crippen LogP contribution >= 0.6 is 27.7 Å². The van der Waals surface area contributed by atoms with Gasteiger partial charge in [0, 0.05) is 21.1 Å². The van der Waals surface area contributed by atoms with Crippen LogP contribution in [0.3, 0.4) is 0 Å². The van der Waals surface area contributed by atoms with Crippen molar-refractivity contribution >= 4 is 33.4 Å². The highest BCUT2D eigenvalue weighted by Crippen LogP contribution is 2.31. The molecule has 16 heavy (non-hydrogen) atoms. The summed E-state index contributed by atoms with van der Waals surface area (Å²) in [5.74, 6) is 1.65. The molecule has 0 amide bonds. The van der Waals surface area contributed by atoms with Gasteiger partial charge in [-0.3, -0.25) is 0 Å². The van der Waals surface area contributed by atoms with Crippen LogP contribution < -0.4 is 5.73 Å². The van der Waals surface area contributed by atoms with E-state index in [9.17, 15) is 0 Å². The van der Waals surface area contributed by atoms with E-state index in [1.165, 1.54) is 0 Å². The van der Waals surface area contributed by atoms with Gasteiger partial charge in [0.25, 0.3) is 0 Å². The van der Waals surface area contributed by atoms with Gasteiger partial charge in [-0.25, -0.2) is 0 Å². The molecule has 0 unspecified atom stereocenters. The molecule has 0 saturated carbocycles. The lowest BCUT2D eigenvalue weighted by Gasteiger charge is -2.03. The number of hydrogen-bond donors (Lipinski definition) is 1. The second-order valence-corrected chi connectivity index (χ2v) is 5.28. The Hall–Kier alpha value is -0.940. The predicted molar refractivity (Wildman–Crippen MR) is 69.4 cm³/mol. The quantitative estimate of drug-likeness (QED) is 0.694. The monoisotopic (exact) mass is 298 g/mol. The highest BCUT2D eigenvalue weighted by Gasteiger charge is 2.05. The molecule has 0 radical (unpaired) electrons. The van der Waals surface area contributed by atoms with E-state index in [0.29, 0.717) is 0 Å². The van der Waals surface area contributed by atoms with Crippen molar-refractivity contribution in [2.24, 2.45) is 0 Å².